The van der Waals surface area contributed by atoms with Crippen molar-refractivity contribution in [2.45, 2.75) is 17.6 Å². The van der Waals surface area contributed by atoms with E-state index in [2.05, 4.69) is 0 Å². The van der Waals surface area contributed by atoms with Crippen LogP contribution >= 0.6 is 11.8 Å². The molecule has 4 heteroatoms. The van der Waals surface area contributed by atoms with E-state index in [0.717, 1.165) is 16.2 Å². The van der Waals surface area contributed by atoms with Crippen LogP contribution in [0.3, 0.4) is 0 Å². The zero-order valence-electron chi connectivity index (χ0n) is 11.4. The van der Waals surface area contributed by atoms with Crippen LogP contribution in [0.2, 0.25) is 0 Å². The molecule has 1 N–H and O–H groups in total. The number of aromatic hydroxyl groups is 1. The van der Waals surface area contributed by atoms with Crippen LogP contribution in [0.1, 0.15) is 22.8 Å². The van der Waals surface area contributed by atoms with Crippen LogP contribution in [0.15, 0.2) is 47.4 Å². The van der Waals surface area contributed by atoms with Crippen molar-refractivity contribution in [1.82, 2.24) is 0 Å². The number of rotatable bonds is 5. The van der Waals surface area contributed by atoms with Gasteiger partial charge < -0.3 is 9.84 Å². The topological polar surface area (TPSA) is 46.5 Å². The highest BCUT2D eigenvalue weighted by atomic mass is 32.2. The first-order valence-corrected chi connectivity index (χ1v) is 7.19. The molecule has 20 heavy (non-hydrogen) atoms. The third-order valence-corrected chi connectivity index (χ3v) is 4.05. The predicted octanol–water partition coefficient (Wildman–Crippen LogP) is 3.90. The van der Waals surface area contributed by atoms with E-state index in [1.807, 2.05) is 18.2 Å². The first kappa shape index (κ1) is 14.5. The summed E-state index contributed by atoms with van der Waals surface area (Å²) < 4.78 is 5.31. The first-order chi connectivity index (χ1) is 9.61. The number of benzene rings is 2. The lowest BCUT2D eigenvalue weighted by molar-refractivity contribution is 0.101. The van der Waals surface area contributed by atoms with Crippen LogP contribution in [0.25, 0.3) is 0 Å². The van der Waals surface area contributed by atoms with Crippen LogP contribution < -0.4 is 4.74 Å². The van der Waals surface area contributed by atoms with Crippen molar-refractivity contribution in [3.05, 3.63) is 53.6 Å². The van der Waals surface area contributed by atoms with Crippen molar-refractivity contribution >= 4 is 17.5 Å². The van der Waals surface area contributed by atoms with Crippen LogP contribution in [0.4, 0.5) is 0 Å². The fourth-order valence-corrected chi connectivity index (χ4v) is 2.77. The summed E-state index contributed by atoms with van der Waals surface area (Å²) >= 11 is 1.51. The van der Waals surface area contributed by atoms with Gasteiger partial charge in [-0.05, 0) is 37.3 Å². The Morgan fingerprint density at radius 1 is 1.25 bits per heavy atom. The smallest absolute Gasteiger partial charge is 0.159 e. The van der Waals surface area contributed by atoms with Gasteiger partial charge in [-0.1, -0.05) is 12.1 Å². The minimum Gasteiger partial charge on any atom is -0.507 e. The lowest BCUT2D eigenvalue weighted by Gasteiger charge is -2.10. The quantitative estimate of drug-likeness (QED) is 0.669. The summed E-state index contributed by atoms with van der Waals surface area (Å²) in [6.07, 6.45) is 0. The molecule has 2 rings (SSSR count). The van der Waals surface area contributed by atoms with E-state index in [1.54, 1.807) is 38.3 Å². The minimum absolute atomic E-state index is 0.0291. The average molecular weight is 288 g/mol. The van der Waals surface area contributed by atoms with Gasteiger partial charge in [0.05, 0.1) is 7.11 Å². The Labute approximate surface area is 122 Å². The number of ether oxygens (including phenoxy) is 1. The van der Waals surface area contributed by atoms with Crippen LogP contribution in [0, 0.1) is 0 Å². The molecule has 3 nitrogen and oxygen atoms in total. The zero-order valence-corrected chi connectivity index (χ0v) is 12.2. The van der Waals surface area contributed by atoms with E-state index in [0.29, 0.717) is 11.3 Å². The second-order valence-electron chi connectivity index (χ2n) is 4.34. The van der Waals surface area contributed by atoms with Gasteiger partial charge in [-0.25, -0.2) is 0 Å². The molecular weight excluding hydrogens is 272 g/mol. The maximum absolute atomic E-state index is 11.4. The lowest BCUT2D eigenvalue weighted by atomic mass is 10.1. The molecule has 0 amide bonds. The van der Waals surface area contributed by atoms with Gasteiger partial charge in [-0.3, -0.25) is 4.79 Å². The number of phenolic OH excluding ortho intramolecular Hbond substituents is 1. The van der Waals surface area contributed by atoms with Gasteiger partial charge in [-0.15, -0.1) is 11.8 Å². The Balaban J connectivity index is 2.22. The van der Waals surface area contributed by atoms with E-state index in [1.165, 1.54) is 11.8 Å². The minimum atomic E-state index is 0.0291. The van der Waals surface area contributed by atoms with Crippen molar-refractivity contribution in [2.75, 3.05) is 7.11 Å². The SMILES string of the molecule is COc1ccc(C(C)=O)cc1CSc1ccccc1O. The maximum atomic E-state index is 11.4. The normalized spacial score (nSPS) is 10.3. The Bertz CT molecular complexity index is 623. The summed E-state index contributed by atoms with van der Waals surface area (Å²) in [5, 5.41) is 9.75. The summed E-state index contributed by atoms with van der Waals surface area (Å²) in [6.45, 7) is 1.54. The molecule has 0 saturated carbocycles. The molecule has 2 aromatic carbocycles. The van der Waals surface area contributed by atoms with E-state index >= 15 is 0 Å². The number of carbonyl (C=O) groups is 1. The summed E-state index contributed by atoms with van der Waals surface area (Å²) in [4.78, 5) is 12.2. The van der Waals surface area contributed by atoms with Gasteiger partial charge in [0.1, 0.15) is 11.5 Å². The molecule has 0 saturated heterocycles. The molecular formula is C16H16O3S. The van der Waals surface area contributed by atoms with Gasteiger partial charge in [0.25, 0.3) is 0 Å². The Hall–Kier alpha value is -1.94. The fourth-order valence-electron chi connectivity index (χ4n) is 1.85. The van der Waals surface area contributed by atoms with Gasteiger partial charge in [0, 0.05) is 21.8 Å². The van der Waals surface area contributed by atoms with Crippen molar-refractivity contribution in [3.8, 4) is 11.5 Å². The van der Waals surface area contributed by atoms with Crippen LogP contribution in [-0.2, 0) is 5.75 Å². The molecule has 0 unspecified atom stereocenters. The number of methoxy groups -OCH3 is 1. The number of thioether (sulfide) groups is 1. The number of hydrogen-bond donors (Lipinski definition) is 1. The number of carbonyl (C=O) groups excluding carboxylic acids is 1. The fraction of sp³-hybridized carbons (Fsp3) is 0.188. The third kappa shape index (κ3) is 3.33. The molecule has 0 aromatic heterocycles. The first-order valence-electron chi connectivity index (χ1n) is 6.20. The van der Waals surface area contributed by atoms with E-state index in [4.69, 9.17) is 4.74 Å². The zero-order chi connectivity index (χ0) is 14.5. The molecule has 0 fully saturated rings. The number of Topliss-reactive ketones (excluding diaryl/α,β-unsaturated/α-hetero) is 1. The van der Waals surface area contributed by atoms with Gasteiger partial charge in [0.15, 0.2) is 5.78 Å². The van der Waals surface area contributed by atoms with Gasteiger partial charge >= 0.3 is 0 Å². The largest absolute Gasteiger partial charge is 0.507 e. The monoisotopic (exact) mass is 288 g/mol. The number of para-hydroxylation sites is 1. The molecule has 0 radical (unpaired) electrons. The van der Waals surface area contributed by atoms with Crippen LogP contribution in [-0.4, -0.2) is 18.0 Å². The number of hydrogen-bond acceptors (Lipinski definition) is 4. The Morgan fingerprint density at radius 3 is 2.65 bits per heavy atom. The summed E-state index contributed by atoms with van der Waals surface area (Å²) in [5.41, 5.74) is 1.60. The molecule has 2 aromatic rings. The maximum Gasteiger partial charge on any atom is 0.159 e. The van der Waals surface area contributed by atoms with Crippen LogP contribution in [0.5, 0.6) is 11.5 Å². The van der Waals surface area contributed by atoms with E-state index in [9.17, 15) is 9.90 Å². The Morgan fingerprint density at radius 2 is 2.00 bits per heavy atom. The summed E-state index contributed by atoms with van der Waals surface area (Å²) in [5.74, 6) is 1.67. The molecule has 104 valence electrons. The average Bonchev–Trinajstić information content (AvgIpc) is 2.46. The third-order valence-electron chi connectivity index (χ3n) is 2.94. The number of ketones is 1. The van der Waals surface area contributed by atoms with Crippen molar-refractivity contribution in [1.29, 1.82) is 0 Å². The molecule has 0 aliphatic heterocycles. The Kier molecular flexibility index (Phi) is 4.69. The van der Waals surface area contributed by atoms with Gasteiger partial charge in [-0.2, -0.15) is 0 Å². The molecule has 0 aliphatic carbocycles. The predicted molar refractivity (Wildman–Crippen MR) is 80.7 cm³/mol. The van der Waals surface area contributed by atoms with E-state index in [-0.39, 0.29) is 11.5 Å². The van der Waals surface area contributed by atoms with Crippen molar-refractivity contribution in [2.24, 2.45) is 0 Å². The molecule has 0 aliphatic rings. The second-order valence-corrected chi connectivity index (χ2v) is 5.36. The highest BCUT2D eigenvalue weighted by Crippen LogP contribution is 2.33. The summed E-state index contributed by atoms with van der Waals surface area (Å²) in [6, 6.07) is 12.6. The standard InChI is InChI=1S/C16H16O3S/c1-11(17)12-7-8-15(19-2)13(9-12)10-20-16-6-4-3-5-14(16)18/h3-9,18H,10H2,1-2H3. The van der Waals surface area contributed by atoms with Crippen molar-refractivity contribution < 1.29 is 14.6 Å². The second kappa shape index (κ2) is 6.48. The van der Waals surface area contributed by atoms with E-state index < -0.39 is 0 Å². The molecule has 0 heterocycles. The summed E-state index contributed by atoms with van der Waals surface area (Å²) in [7, 11) is 1.61. The molecule has 0 atom stereocenters. The lowest BCUT2D eigenvalue weighted by Crippen LogP contribution is -1.96. The highest BCUT2D eigenvalue weighted by molar-refractivity contribution is 7.98. The molecule has 0 spiro atoms. The molecule has 0 bridgehead atoms. The van der Waals surface area contributed by atoms with Gasteiger partial charge in [0.2, 0.25) is 0 Å². The number of phenols is 1. The van der Waals surface area contributed by atoms with Crippen molar-refractivity contribution in [3.63, 3.8) is 0 Å². The highest BCUT2D eigenvalue weighted by Gasteiger charge is 2.09.